The first-order valence-electron chi connectivity index (χ1n) is 5.59. The Labute approximate surface area is 109 Å². The van der Waals surface area contributed by atoms with Gasteiger partial charge in [-0.15, -0.1) is 11.3 Å². The van der Waals surface area contributed by atoms with Gasteiger partial charge in [-0.2, -0.15) is 5.10 Å². The number of carbonyl (C=O) groups excluding carboxylic acids is 2. The van der Waals surface area contributed by atoms with E-state index in [1.54, 1.807) is 7.05 Å². The number of hydrogen-bond acceptors (Lipinski definition) is 5. The molecule has 1 aliphatic rings. The van der Waals surface area contributed by atoms with Crippen LogP contribution < -0.4 is 5.32 Å². The van der Waals surface area contributed by atoms with E-state index in [-0.39, 0.29) is 11.8 Å². The van der Waals surface area contributed by atoms with Gasteiger partial charge >= 0.3 is 0 Å². The van der Waals surface area contributed by atoms with Gasteiger partial charge in [0.15, 0.2) is 0 Å². The van der Waals surface area contributed by atoms with Crippen molar-refractivity contribution in [1.29, 1.82) is 0 Å². The molecular formula is C11H14N4O2S. The zero-order valence-corrected chi connectivity index (χ0v) is 11.1. The lowest BCUT2D eigenvalue weighted by atomic mass is 10.1. The van der Waals surface area contributed by atoms with E-state index in [1.807, 2.05) is 12.3 Å². The zero-order chi connectivity index (χ0) is 13.1. The maximum Gasteiger partial charge on any atom is 0.267 e. The second-order valence-corrected chi connectivity index (χ2v) is 4.97. The highest BCUT2D eigenvalue weighted by Gasteiger charge is 2.21. The van der Waals surface area contributed by atoms with E-state index in [9.17, 15) is 9.59 Å². The minimum absolute atomic E-state index is 0.0675. The van der Waals surface area contributed by atoms with Crippen LogP contribution in [-0.4, -0.2) is 34.6 Å². The summed E-state index contributed by atoms with van der Waals surface area (Å²) in [5.74, 6) is -0.302. The molecule has 1 aliphatic heterocycles. The van der Waals surface area contributed by atoms with Crippen molar-refractivity contribution >= 4 is 28.9 Å². The van der Waals surface area contributed by atoms with Gasteiger partial charge in [0.25, 0.3) is 5.91 Å². The summed E-state index contributed by atoms with van der Waals surface area (Å²) in [7, 11) is 1.55. The van der Waals surface area contributed by atoms with E-state index >= 15 is 0 Å². The summed E-state index contributed by atoms with van der Waals surface area (Å²) in [6.45, 7) is 2.31. The molecule has 0 aromatic carbocycles. The third-order valence-corrected chi connectivity index (χ3v) is 3.50. The van der Waals surface area contributed by atoms with Gasteiger partial charge in [-0.3, -0.25) is 9.59 Å². The predicted octanol–water partition coefficient (Wildman–Crippen LogP) is 0.676. The van der Waals surface area contributed by atoms with Crippen LogP contribution in [0.3, 0.4) is 0 Å². The molecule has 0 radical (unpaired) electrons. The molecule has 0 aliphatic carbocycles. The molecule has 0 unspecified atom stereocenters. The predicted molar refractivity (Wildman–Crippen MR) is 68.1 cm³/mol. The topological polar surface area (TPSA) is 74.7 Å². The second-order valence-electron chi connectivity index (χ2n) is 4.03. The first-order valence-corrected chi connectivity index (χ1v) is 6.47. The average molecular weight is 266 g/mol. The third kappa shape index (κ3) is 2.92. The fourth-order valence-corrected chi connectivity index (χ4v) is 2.29. The number of amides is 2. The van der Waals surface area contributed by atoms with Crippen molar-refractivity contribution in [3.05, 3.63) is 16.1 Å². The Kier molecular flexibility index (Phi) is 3.71. The Hall–Kier alpha value is -1.76. The van der Waals surface area contributed by atoms with Gasteiger partial charge in [0.2, 0.25) is 5.91 Å². The van der Waals surface area contributed by atoms with Gasteiger partial charge in [-0.25, -0.2) is 9.99 Å². The van der Waals surface area contributed by atoms with E-state index in [1.165, 1.54) is 16.3 Å². The molecule has 2 rings (SSSR count). The monoisotopic (exact) mass is 266 g/mol. The quantitative estimate of drug-likeness (QED) is 0.874. The Bertz CT molecular complexity index is 509. The maximum absolute atomic E-state index is 11.8. The molecule has 0 atom stereocenters. The number of hydrazone groups is 1. The molecule has 18 heavy (non-hydrogen) atoms. The summed E-state index contributed by atoms with van der Waals surface area (Å²) >= 11 is 1.51. The Balaban J connectivity index is 1.92. The molecule has 1 aromatic rings. The van der Waals surface area contributed by atoms with Crippen molar-refractivity contribution in [2.24, 2.45) is 5.10 Å². The van der Waals surface area contributed by atoms with E-state index < -0.39 is 0 Å². The van der Waals surface area contributed by atoms with Gasteiger partial charge in [-0.05, 0) is 6.92 Å². The van der Waals surface area contributed by atoms with Gasteiger partial charge in [0.1, 0.15) is 10.7 Å². The molecule has 2 heterocycles. The molecule has 0 bridgehead atoms. The number of aromatic nitrogens is 1. The van der Waals surface area contributed by atoms with Gasteiger partial charge in [0, 0.05) is 31.0 Å². The lowest BCUT2D eigenvalue weighted by molar-refractivity contribution is -0.130. The second kappa shape index (κ2) is 5.26. The van der Waals surface area contributed by atoms with Crippen molar-refractivity contribution in [2.75, 3.05) is 7.05 Å². The molecular weight excluding hydrogens is 252 g/mol. The van der Waals surface area contributed by atoms with Crippen molar-refractivity contribution in [1.82, 2.24) is 15.3 Å². The van der Waals surface area contributed by atoms with Crippen LogP contribution in [0.5, 0.6) is 0 Å². The van der Waals surface area contributed by atoms with E-state index in [2.05, 4.69) is 15.4 Å². The minimum Gasteiger partial charge on any atom is -0.344 e. The fourth-order valence-electron chi connectivity index (χ4n) is 1.57. The number of hydrogen-bond donors (Lipinski definition) is 1. The van der Waals surface area contributed by atoms with Crippen LogP contribution in [0.15, 0.2) is 10.5 Å². The van der Waals surface area contributed by atoms with Crippen LogP contribution in [0.25, 0.3) is 0 Å². The Morgan fingerprint density at radius 2 is 2.33 bits per heavy atom. The minimum atomic E-state index is -0.234. The molecule has 7 heteroatoms. The highest BCUT2D eigenvalue weighted by atomic mass is 32.1. The number of nitrogens with one attached hydrogen (secondary N) is 1. The van der Waals surface area contributed by atoms with E-state index in [0.29, 0.717) is 25.1 Å². The van der Waals surface area contributed by atoms with E-state index in [0.717, 1.165) is 10.7 Å². The molecule has 2 amide bonds. The molecule has 0 saturated carbocycles. The number of thiazole rings is 1. The molecule has 6 nitrogen and oxygen atoms in total. The normalized spacial score (nSPS) is 15.6. The smallest absolute Gasteiger partial charge is 0.267 e. The molecule has 0 fully saturated rings. The van der Waals surface area contributed by atoms with Crippen LogP contribution >= 0.6 is 11.3 Å². The first-order chi connectivity index (χ1) is 8.56. The number of nitrogens with zero attached hydrogens (tertiary/aromatic N) is 3. The molecule has 0 saturated heterocycles. The summed E-state index contributed by atoms with van der Waals surface area (Å²) in [5, 5.41) is 10.7. The highest BCUT2D eigenvalue weighted by Crippen LogP contribution is 2.09. The summed E-state index contributed by atoms with van der Waals surface area (Å²) in [4.78, 5) is 27.3. The highest BCUT2D eigenvalue weighted by molar-refractivity contribution is 7.09. The zero-order valence-electron chi connectivity index (χ0n) is 10.3. The van der Waals surface area contributed by atoms with Crippen LogP contribution in [0.2, 0.25) is 0 Å². The maximum atomic E-state index is 11.8. The Morgan fingerprint density at radius 1 is 1.56 bits per heavy atom. The number of carbonyl (C=O) groups is 2. The van der Waals surface area contributed by atoms with Gasteiger partial charge in [0.05, 0.1) is 6.54 Å². The lowest BCUT2D eigenvalue weighted by Crippen LogP contribution is -2.37. The van der Waals surface area contributed by atoms with Crippen molar-refractivity contribution < 1.29 is 9.59 Å². The van der Waals surface area contributed by atoms with Crippen LogP contribution in [0.4, 0.5) is 0 Å². The summed E-state index contributed by atoms with van der Waals surface area (Å²) in [6, 6.07) is 0. The summed E-state index contributed by atoms with van der Waals surface area (Å²) in [5.41, 5.74) is 1.34. The standard InChI is InChI=1S/C11H14N4O2S/c1-7-6-18-9(13-7)5-12-11(17)8-3-4-10(16)15(2)14-8/h6H,3-5H2,1-2H3,(H,12,17). The van der Waals surface area contributed by atoms with Gasteiger partial charge < -0.3 is 5.32 Å². The van der Waals surface area contributed by atoms with Crippen molar-refractivity contribution in [3.63, 3.8) is 0 Å². The molecule has 1 aromatic heterocycles. The van der Waals surface area contributed by atoms with Crippen LogP contribution in [0, 0.1) is 6.92 Å². The first kappa shape index (κ1) is 12.7. The SMILES string of the molecule is Cc1csc(CNC(=O)C2=NN(C)C(=O)CC2)n1. The van der Waals surface area contributed by atoms with E-state index in [4.69, 9.17) is 0 Å². The van der Waals surface area contributed by atoms with Crippen LogP contribution in [-0.2, 0) is 16.1 Å². The third-order valence-electron chi connectivity index (χ3n) is 2.54. The molecule has 1 N–H and O–H groups in total. The number of aryl methyl sites for hydroxylation is 1. The fraction of sp³-hybridized carbons (Fsp3) is 0.455. The summed E-state index contributed by atoms with van der Waals surface area (Å²) < 4.78 is 0. The average Bonchev–Trinajstić information content (AvgIpc) is 2.75. The largest absolute Gasteiger partial charge is 0.344 e. The summed E-state index contributed by atoms with van der Waals surface area (Å²) in [6.07, 6.45) is 0.727. The van der Waals surface area contributed by atoms with Crippen molar-refractivity contribution in [3.8, 4) is 0 Å². The van der Waals surface area contributed by atoms with Gasteiger partial charge in [-0.1, -0.05) is 0 Å². The van der Waals surface area contributed by atoms with Crippen molar-refractivity contribution in [2.45, 2.75) is 26.3 Å². The number of rotatable bonds is 3. The lowest BCUT2D eigenvalue weighted by Gasteiger charge is -2.18. The molecule has 0 spiro atoms. The molecule has 96 valence electrons. The Morgan fingerprint density at radius 3 is 2.94 bits per heavy atom. The van der Waals surface area contributed by atoms with Crippen LogP contribution in [0.1, 0.15) is 23.5 Å².